The number of ether oxygens (including phenoxy) is 1. The lowest BCUT2D eigenvalue weighted by molar-refractivity contribution is 0.187. The van der Waals surface area contributed by atoms with Gasteiger partial charge in [-0.3, -0.25) is 0 Å². The van der Waals surface area contributed by atoms with Gasteiger partial charge in [0.2, 0.25) is 0 Å². The van der Waals surface area contributed by atoms with Gasteiger partial charge in [0, 0.05) is 12.1 Å². The first-order chi connectivity index (χ1) is 9.76. The molecule has 0 bridgehead atoms. The van der Waals surface area contributed by atoms with Crippen molar-refractivity contribution in [1.82, 2.24) is 0 Å². The maximum absolute atomic E-state index is 10.2. The summed E-state index contributed by atoms with van der Waals surface area (Å²) in [5, 5.41) is 22.3. The van der Waals surface area contributed by atoms with E-state index < -0.39 is 6.10 Å². The van der Waals surface area contributed by atoms with Crippen LogP contribution in [0.5, 0.6) is 5.75 Å². The predicted molar refractivity (Wildman–Crippen MR) is 77.6 cm³/mol. The fourth-order valence-electron chi connectivity index (χ4n) is 1.99. The first kappa shape index (κ1) is 13.9. The van der Waals surface area contributed by atoms with E-state index >= 15 is 0 Å². The van der Waals surface area contributed by atoms with Crippen molar-refractivity contribution < 1.29 is 9.84 Å². The van der Waals surface area contributed by atoms with Gasteiger partial charge in [-0.1, -0.05) is 30.3 Å². The van der Waals surface area contributed by atoms with E-state index in [0.717, 1.165) is 5.56 Å². The Hall–Kier alpha value is -2.51. The minimum Gasteiger partial charge on any atom is -0.496 e. The Kier molecular flexibility index (Phi) is 4.59. The molecule has 0 spiro atoms. The third-order valence-electron chi connectivity index (χ3n) is 3.03. The largest absolute Gasteiger partial charge is 0.496 e. The molecule has 4 nitrogen and oxygen atoms in total. The Labute approximate surface area is 118 Å². The highest BCUT2D eigenvalue weighted by molar-refractivity contribution is 5.57. The van der Waals surface area contributed by atoms with Crippen LogP contribution in [0.2, 0.25) is 0 Å². The molecular weight excluding hydrogens is 252 g/mol. The molecule has 0 aliphatic heterocycles. The molecule has 1 atom stereocenters. The van der Waals surface area contributed by atoms with Gasteiger partial charge < -0.3 is 15.2 Å². The molecule has 0 aliphatic carbocycles. The number of nitrogens with one attached hydrogen (secondary N) is 1. The molecule has 2 N–H and O–H groups in total. The molecule has 0 aromatic heterocycles. The third kappa shape index (κ3) is 3.08. The predicted octanol–water partition coefficient (Wildman–Crippen LogP) is 2.71. The SMILES string of the molecule is COc1ccccc1C(O)CNc1ccccc1C#N. The van der Waals surface area contributed by atoms with Crippen LogP contribution in [-0.2, 0) is 0 Å². The molecule has 0 amide bonds. The molecule has 2 aromatic rings. The molecular formula is C16H16N2O2. The van der Waals surface area contributed by atoms with E-state index in [1.807, 2.05) is 36.4 Å². The van der Waals surface area contributed by atoms with Crippen molar-refractivity contribution in [3.05, 3.63) is 59.7 Å². The molecule has 20 heavy (non-hydrogen) atoms. The van der Waals surface area contributed by atoms with Gasteiger partial charge in [-0.25, -0.2) is 0 Å². The summed E-state index contributed by atoms with van der Waals surface area (Å²) in [6, 6.07) is 16.6. The number of nitrogens with zero attached hydrogens (tertiary/aromatic N) is 1. The van der Waals surface area contributed by atoms with Crippen LogP contribution >= 0.6 is 0 Å². The first-order valence-electron chi connectivity index (χ1n) is 6.30. The quantitative estimate of drug-likeness (QED) is 0.875. The van der Waals surface area contributed by atoms with Crippen molar-refractivity contribution in [2.45, 2.75) is 6.10 Å². The lowest BCUT2D eigenvalue weighted by atomic mass is 10.1. The van der Waals surface area contributed by atoms with Crippen LogP contribution in [0.3, 0.4) is 0 Å². The molecule has 102 valence electrons. The third-order valence-corrected chi connectivity index (χ3v) is 3.03. The molecule has 0 saturated carbocycles. The van der Waals surface area contributed by atoms with Crippen LogP contribution < -0.4 is 10.1 Å². The first-order valence-corrected chi connectivity index (χ1v) is 6.30. The van der Waals surface area contributed by atoms with Gasteiger partial charge in [0.1, 0.15) is 11.8 Å². The number of aliphatic hydroxyl groups excluding tert-OH is 1. The summed E-state index contributed by atoms with van der Waals surface area (Å²) in [6.07, 6.45) is -0.710. The van der Waals surface area contributed by atoms with E-state index in [2.05, 4.69) is 11.4 Å². The molecule has 2 aromatic carbocycles. The molecule has 0 radical (unpaired) electrons. The van der Waals surface area contributed by atoms with Crippen molar-refractivity contribution in [3.8, 4) is 11.8 Å². The lowest BCUT2D eigenvalue weighted by Gasteiger charge is -2.16. The van der Waals surface area contributed by atoms with Crippen molar-refractivity contribution in [3.63, 3.8) is 0 Å². The number of methoxy groups -OCH3 is 1. The second-order valence-electron chi connectivity index (χ2n) is 4.30. The topological polar surface area (TPSA) is 65.3 Å². The van der Waals surface area contributed by atoms with Crippen molar-refractivity contribution in [1.29, 1.82) is 5.26 Å². The van der Waals surface area contributed by atoms with Crippen LogP contribution in [0.25, 0.3) is 0 Å². The highest BCUT2D eigenvalue weighted by atomic mass is 16.5. The summed E-state index contributed by atoms with van der Waals surface area (Å²) in [5.74, 6) is 0.648. The van der Waals surface area contributed by atoms with E-state index in [9.17, 15) is 5.11 Å². The lowest BCUT2D eigenvalue weighted by Crippen LogP contribution is -2.13. The molecule has 4 heteroatoms. The van der Waals surface area contributed by atoms with Gasteiger partial charge in [0.25, 0.3) is 0 Å². The highest BCUT2D eigenvalue weighted by Gasteiger charge is 2.12. The second kappa shape index (κ2) is 6.60. The zero-order chi connectivity index (χ0) is 14.4. The summed E-state index contributed by atoms with van der Waals surface area (Å²) >= 11 is 0. The highest BCUT2D eigenvalue weighted by Crippen LogP contribution is 2.25. The summed E-state index contributed by atoms with van der Waals surface area (Å²) in [5.41, 5.74) is 1.99. The Balaban J connectivity index is 2.09. The van der Waals surface area contributed by atoms with Gasteiger partial charge in [-0.15, -0.1) is 0 Å². The molecule has 1 unspecified atom stereocenters. The average Bonchev–Trinajstić information content (AvgIpc) is 2.52. The summed E-state index contributed by atoms with van der Waals surface area (Å²) < 4.78 is 5.22. The monoisotopic (exact) mass is 268 g/mol. The zero-order valence-electron chi connectivity index (χ0n) is 11.2. The van der Waals surface area contributed by atoms with Crippen LogP contribution in [0, 0.1) is 11.3 Å². The molecule has 0 heterocycles. The molecule has 0 aliphatic rings. The van der Waals surface area contributed by atoms with Gasteiger partial charge in [-0.2, -0.15) is 5.26 Å². The van der Waals surface area contributed by atoms with Crippen molar-refractivity contribution >= 4 is 5.69 Å². The van der Waals surface area contributed by atoms with E-state index in [-0.39, 0.29) is 0 Å². The molecule has 2 rings (SSSR count). The van der Waals surface area contributed by atoms with Gasteiger partial charge >= 0.3 is 0 Å². The van der Waals surface area contributed by atoms with E-state index in [4.69, 9.17) is 10.00 Å². The number of nitriles is 1. The van der Waals surface area contributed by atoms with Gasteiger partial charge in [0.15, 0.2) is 0 Å². The second-order valence-corrected chi connectivity index (χ2v) is 4.30. The number of anilines is 1. The summed E-state index contributed by atoms with van der Waals surface area (Å²) in [6.45, 7) is 0.305. The minimum absolute atomic E-state index is 0.305. The number of aliphatic hydroxyl groups is 1. The van der Waals surface area contributed by atoms with Crippen LogP contribution in [0.1, 0.15) is 17.2 Å². The van der Waals surface area contributed by atoms with E-state index in [0.29, 0.717) is 23.5 Å². The Bertz CT molecular complexity index is 620. The van der Waals surface area contributed by atoms with E-state index in [1.165, 1.54) is 0 Å². The number of benzene rings is 2. The summed E-state index contributed by atoms with van der Waals surface area (Å²) in [4.78, 5) is 0. The fraction of sp³-hybridized carbons (Fsp3) is 0.188. The van der Waals surface area contributed by atoms with Crippen molar-refractivity contribution in [2.24, 2.45) is 0 Å². The van der Waals surface area contributed by atoms with E-state index in [1.54, 1.807) is 19.2 Å². The Morgan fingerprint density at radius 1 is 1.20 bits per heavy atom. The Morgan fingerprint density at radius 3 is 2.65 bits per heavy atom. The average molecular weight is 268 g/mol. The maximum Gasteiger partial charge on any atom is 0.124 e. The van der Waals surface area contributed by atoms with Crippen LogP contribution in [-0.4, -0.2) is 18.8 Å². The molecule has 0 saturated heterocycles. The van der Waals surface area contributed by atoms with Crippen LogP contribution in [0.4, 0.5) is 5.69 Å². The minimum atomic E-state index is -0.710. The number of para-hydroxylation sites is 2. The fourth-order valence-corrected chi connectivity index (χ4v) is 1.99. The maximum atomic E-state index is 10.2. The smallest absolute Gasteiger partial charge is 0.124 e. The van der Waals surface area contributed by atoms with Crippen LogP contribution in [0.15, 0.2) is 48.5 Å². The standard InChI is InChI=1S/C16H16N2O2/c1-20-16-9-5-3-7-13(16)15(19)11-18-14-8-4-2-6-12(14)10-17/h2-9,15,18-19H,11H2,1H3. The van der Waals surface area contributed by atoms with Gasteiger partial charge in [0.05, 0.1) is 24.5 Å². The Morgan fingerprint density at radius 2 is 1.90 bits per heavy atom. The number of hydrogen-bond donors (Lipinski definition) is 2. The zero-order valence-corrected chi connectivity index (χ0v) is 11.2. The molecule has 0 fully saturated rings. The normalized spacial score (nSPS) is 11.4. The number of hydrogen-bond acceptors (Lipinski definition) is 4. The summed E-state index contributed by atoms with van der Waals surface area (Å²) in [7, 11) is 1.57. The van der Waals surface area contributed by atoms with Crippen molar-refractivity contribution in [2.75, 3.05) is 19.0 Å². The van der Waals surface area contributed by atoms with Gasteiger partial charge in [-0.05, 0) is 18.2 Å². The number of rotatable bonds is 5.